The number of halogens is 3. The smallest absolute Gasteiger partial charge is 0.371 e. The highest BCUT2D eigenvalue weighted by atomic mass is 32.2. The van der Waals surface area contributed by atoms with Crippen LogP contribution in [-0.4, -0.2) is 48.7 Å². The fourth-order valence-corrected chi connectivity index (χ4v) is 4.51. The maximum atomic E-state index is 13.5. The second kappa shape index (κ2) is 7.64. The largest absolute Gasteiger partial charge is 0.417 e. The number of tetrazole rings is 1. The van der Waals surface area contributed by atoms with Gasteiger partial charge < -0.3 is 10.6 Å². The monoisotopic (exact) mass is 419 g/mol. The number of piperidine rings is 1. The molecule has 9 nitrogen and oxygen atoms in total. The van der Waals surface area contributed by atoms with Gasteiger partial charge in [0.1, 0.15) is 4.90 Å². The number of benzene rings is 1. The van der Waals surface area contributed by atoms with E-state index < -0.39 is 26.7 Å². The first-order chi connectivity index (χ1) is 13.1. The molecule has 0 radical (unpaired) electrons. The predicted molar refractivity (Wildman–Crippen MR) is 94.6 cm³/mol. The van der Waals surface area contributed by atoms with Crippen LogP contribution < -0.4 is 15.8 Å². The topological polar surface area (TPSA) is 144 Å². The van der Waals surface area contributed by atoms with Gasteiger partial charge in [0.2, 0.25) is 15.8 Å². The summed E-state index contributed by atoms with van der Waals surface area (Å²) in [6.45, 7) is 1.63. The van der Waals surface area contributed by atoms with Gasteiger partial charge in [-0.05, 0) is 49.1 Å². The molecule has 0 bridgehead atoms. The molecule has 0 aliphatic carbocycles. The second-order valence-corrected chi connectivity index (χ2v) is 8.12. The maximum Gasteiger partial charge on any atom is 0.417 e. The molecule has 5 N–H and O–H groups in total. The minimum Gasteiger partial charge on any atom is -0.371 e. The lowest BCUT2D eigenvalue weighted by Gasteiger charge is -2.35. The zero-order chi connectivity index (χ0) is 20.5. The average molecular weight is 419 g/mol. The van der Waals surface area contributed by atoms with Crippen LogP contribution in [0.3, 0.4) is 0 Å². The third kappa shape index (κ3) is 4.10. The van der Waals surface area contributed by atoms with Crippen molar-refractivity contribution < 1.29 is 21.6 Å². The van der Waals surface area contributed by atoms with E-state index in [0.717, 1.165) is 25.3 Å². The van der Waals surface area contributed by atoms with Gasteiger partial charge in [0.15, 0.2) is 0 Å². The fraction of sp³-hybridized carbons (Fsp3) is 0.533. The van der Waals surface area contributed by atoms with Crippen molar-refractivity contribution in [3.8, 4) is 11.4 Å². The van der Waals surface area contributed by atoms with E-state index >= 15 is 0 Å². The Kier molecular flexibility index (Phi) is 5.59. The average Bonchev–Trinajstić information content (AvgIpc) is 3.14. The molecular formula is C15H20F3N7O2S. The van der Waals surface area contributed by atoms with Crippen LogP contribution in [0, 0.1) is 5.92 Å². The molecule has 1 fully saturated rings. The van der Waals surface area contributed by atoms with Gasteiger partial charge in [0, 0.05) is 18.8 Å². The van der Waals surface area contributed by atoms with Gasteiger partial charge in [-0.3, -0.25) is 0 Å². The van der Waals surface area contributed by atoms with Gasteiger partial charge in [-0.2, -0.15) is 18.4 Å². The highest BCUT2D eigenvalue weighted by Gasteiger charge is 2.40. The third-order valence-corrected chi connectivity index (χ3v) is 5.82. The van der Waals surface area contributed by atoms with Gasteiger partial charge in [0.05, 0.1) is 11.1 Å². The summed E-state index contributed by atoms with van der Waals surface area (Å²) < 4.78 is 64.8. The molecule has 0 unspecified atom stereocenters. The first-order valence-electron chi connectivity index (χ1n) is 8.58. The molecule has 1 aromatic heterocycles. The Balaban J connectivity index is 2.17. The van der Waals surface area contributed by atoms with Crippen molar-refractivity contribution in [2.24, 2.45) is 16.8 Å². The van der Waals surface area contributed by atoms with Crippen molar-refractivity contribution in [1.82, 2.24) is 20.6 Å². The van der Waals surface area contributed by atoms with Crippen LogP contribution in [0.4, 0.5) is 18.9 Å². The van der Waals surface area contributed by atoms with E-state index in [1.165, 1.54) is 6.07 Å². The zero-order valence-corrected chi connectivity index (χ0v) is 15.6. The van der Waals surface area contributed by atoms with Crippen molar-refractivity contribution in [1.29, 1.82) is 0 Å². The van der Waals surface area contributed by atoms with E-state index in [9.17, 15) is 21.6 Å². The molecule has 28 heavy (non-hydrogen) atoms. The lowest BCUT2D eigenvalue weighted by molar-refractivity contribution is -0.139. The molecule has 0 saturated carbocycles. The number of sulfonamides is 1. The predicted octanol–water partition coefficient (Wildman–Crippen LogP) is 1.10. The first-order valence-corrected chi connectivity index (χ1v) is 10.1. The molecule has 13 heteroatoms. The molecule has 2 heterocycles. The molecule has 1 saturated heterocycles. The molecule has 0 atom stereocenters. The minimum atomic E-state index is -4.92. The van der Waals surface area contributed by atoms with Crippen LogP contribution in [-0.2, 0) is 16.2 Å². The first kappa shape index (κ1) is 20.5. The lowest BCUT2D eigenvalue weighted by atomic mass is 9.92. The van der Waals surface area contributed by atoms with Crippen molar-refractivity contribution in [3.63, 3.8) is 0 Å². The van der Waals surface area contributed by atoms with Gasteiger partial charge in [-0.15, -0.1) is 10.2 Å². The van der Waals surface area contributed by atoms with Crippen LogP contribution in [0.1, 0.15) is 24.8 Å². The van der Waals surface area contributed by atoms with E-state index in [2.05, 4.69) is 20.6 Å². The van der Waals surface area contributed by atoms with E-state index in [-0.39, 0.29) is 17.1 Å². The van der Waals surface area contributed by atoms with E-state index in [1.807, 2.05) is 4.90 Å². The molecule has 1 aromatic carbocycles. The Morgan fingerprint density at radius 2 is 1.93 bits per heavy atom. The van der Waals surface area contributed by atoms with Crippen molar-refractivity contribution in [2.75, 3.05) is 24.5 Å². The summed E-state index contributed by atoms with van der Waals surface area (Å²) in [5.41, 5.74) is 4.19. The molecule has 1 aliphatic rings. The summed E-state index contributed by atoms with van der Waals surface area (Å²) >= 11 is 0. The SMILES string of the molecule is NCCC1CCN(c2ccc(C(F)(F)F)c(S(N)(=O)=O)c2-c2nn[nH]n2)CC1. The van der Waals surface area contributed by atoms with Crippen LogP contribution in [0.25, 0.3) is 11.4 Å². The van der Waals surface area contributed by atoms with Crippen LogP contribution in [0.5, 0.6) is 0 Å². The Hall–Kier alpha value is -2.25. The van der Waals surface area contributed by atoms with Gasteiger partial charge in [-0.1, -0.05) is 0 Å². The summed E-state index contributed by atoms with van der Waals surface area (Å²) in [5.74, 6) is 0.149. The number of hydrogen-bond donors (Lipinski definition) is 3. The molecule has 1 aliphatic heterocycles. The minimum absolute atomic E-state index is 0.268. The Labute approximate surface area is 159 Å². The fourth-order valence-electron chi connectivity index (χ4n) is 3.54. The number of hydrogen-bond acceptors (Lipinski definition) is 7. The molecule has 0 amide bonds. The van der Waals surface area contributed by atoms with Gasteiger partial charge in [-0.25, -0.2) is 13.6 Å². The van der Waals surface area contributed by atoms with Crippen molar-refractivity contribution in [3.05, 3.63) is 17.7 Å². The van der Waals surface area contributed by atoms with Crippen molar-refractivity contribution in [2.45, 2.75) is 30.3 Å². The summed E-state index contributed by atoms with van der Waals surface area (Å²) in [5, 5.41) is 18.1. The normalized spacial score (nSPS) is 16.5. The number of H-pyrrole nitrogens is 1. The number of aromatic nitrogens is 4. The lowest BCUT2D eigenvalue weighted by Crippen LogP contribution is -2.35. The van der Waals surface area contributed by atoms with Crippen molar-refractivity contribution >= 4 is 15.7 Å². The number of nitrogens with two attached hydrogens (primary N) is 2. The van der Waals surface area contributed by atoms with Crippen LogP contribution in [0.15, 0.2) is 17.0 Å². The Bertz CT molecular complexity index is 924. The standard InChI is InChI=1S/C15H20F3N7O2S/c16-15(17,18)10-1-2-11(25-7-4-9(3-6-19)5-8-25)12(13(10)28(20,26)27)14-21-23-24-22-14/h1-2,9H,3-8,19H2,(H2,20,26,27)(H,21,22,23,24). The maximum absolute atomic E-state index is 13.5. The molecular weight excluding hydrogens is 399 g/mol. The van der Waals surface area contributed by atoms with Crippen LogP contribution in [0.2, 0.25) is 0 Å². The van der Waals surface area contributed by atoms with E-state index in [0.29, 0.717) is 25.6 Å². The quantitative estimate of drug-likeness (QED) is 0.658. The number of nitrogens with zero attached hydrogens (tertiary/aromatic N) is 4. The van der Waals surface area contributed by atoms with E-state index in [4.69, 9.17) is 10.9 Å². The Morgan fingerprint density at radius 1 is 1.25 bits per heavy atom. The summed E-state index contributed by atoms with van der Waals surface area (Å²) in [6.07, 6.45) is -2.49. The van der Waals surface area contributed by atoms with Gasteiger partial charge in [0.25, 0.3) is 0 Å². The van der Waals surface area contributed by atoms with Gasteiger partial charge >= 0.3 is 6.18 Å². The number of primary sulfonamides is 1. The number of rotatable bonds is 5. The molecule has 0 spiro atoms. The van der Waals surface area contributed by atoms with E-state index in [1.54, 1.807) is 0 Å². The summed E-state index contributed by atoms with van der Waals surface area (Å²) in [7, 11) is -4.74. The third-order valence-electron chi connectivity index (χ3n) is 4.82. The summed E-state index contributed by atoms with van der Waals surface area (Å²) in [4.78, 5) is 0.760. The highest BCUT2D eigenvalue weighted by molar-refractivity contribution is 7.89. The molecule has 3 rings (SSSR count). The number of nitrogens with one attached hydrogen (secondary N) is 1. The summed E-state index contributed by atoms with van der Waals surface area (Å²) in [6, 6.07) is 1.96. The van der Waals surface area contributed by atoms with Crippen LogP contribution >= 0.6 is 0 Å². The zero-order valence-electron chi connectivity index (χ0n) is 14.8. The Morgan fingerprint density at radius 3 is 2.43 bits per heavy atom. The molecule has 2 aromatic rings. The molecule has 154 valence electrons. The number of aromatic amines is 1. The second-order valence-electron chi connectivity index (χ2n) is 6.62. The highest BCUT2D eigenvalue weighted by Crippen LogP contribution is 2.43. The number of alkyl halides is 3. The number of anilines is 1.